The number of rotatable bonds is 3. The number of hydrogen-bond acceptors (Lipinski definition) is 5. The molecular formula is C19H17N5O. The molecule has 3 aromatic rings. The third-order valence-electron chi connectivity index (χ3n) is 4.64. The highest BCUT2D eigenvalue weighted by atomic mass is 16.5. The first-order valence-corrected chi connectivity index (χ1v) is 8.37. The van der Waals surface area contributed by atoms with Crippen LogP contribution in [0.4, 0.5) is 11.5 Å². The molecule has 0 unspecified atom stereocenters. The van der Waals surface area contributed by atoms with E-state index in [9.17, 15) is 0 Å². The summed E-state index contributed by atoms with van der Waals surface area (Å²) >= 11 is 0. The van der Waals surface area contributed by atoms with Crippen molar-refractivity contribution in [2.24, 2.45) is 4.99 Å². The summed E-state index contributed by atoms with van der Waals surface area (Å²) in [7, 11) is 0. The molecule has 5 rings (SSSR count). The van der Waals surface area contributed by atoms with E-state index in [1.54, 1.807) is 6.33 Å². The van der Waals surface area contributed by atoms with Gasteiger partial charge in [0.25, 0.3) is 0 Å². The molecule has 0 aliphatic carbocycles. The Morgan fingerprint density at radius 3 is 3.08 bits per heavy atom. The first-order valence-electron chi connectivity index (χ1n) is 8.37. The number of nitrogens with one attached hydrogen (secondary N) is 2. The van der Waals surface area contributed by atoms with Gasteiger partial charge in [-0.1, -0.05) is 12.1 Å². The van der Waals surface area contributed by atoms with Gasteiger partial charge in [-0.05, 0) is 41.3 Å². The maximum Gasteiger partial charge on any atom is 0.143 e. The summed E-state index contributed by atoms with van der Waals surface area (Å²) in [6, 6.07) is 8.40. The minimum absolute atomic E-state index is 0.665. The van der Waals surface area contributed by atoms with Crippen LogP contribution in [0.25, 0.3) is 16.6 Å². The van der Waals surface area contributed by atoms with Gasteiger partial charge in [0, 0.05) is 17.6 Å². The second-order valence-corrected chi connectivity index (χ2v) is 6.23. The summed E-state index contributed by atoms with van der Waals surface area (Å²) < 4.78 is 5.39. The van der Waals surface area contributed by atoms with Crippen LogP contribution in [0.5, 0.6) is 0 Å². The van der Waals surface area contributed by atoms with E-state index in [4.69, 9.17) is 4.74 Å². The highest BCUT2D eigenvalue weighted by Gasteiger charge is 2.13. The zero-order valence-corrected chi connectivity index (χ0v) is 13.6. The van der Waals surface area contributed by atoms with Gasteiger partial charge < -0.3 is 15.0 Å². The molecule has 0 fully saturated rings. The number of aromatic amines is 1. The lowest BCUT2D eigenvalue weighted by molar-refractivity contribution is 0.161. The highest BCUT2D eigenvalue weighted by Crippen LogP contribution is 2.29. The number of aromatic nitrogens is 3. The Balaban J connectivity index is 1.51. The van der Waals surface area contributed by atoms with E-state index in [0.29, 0.717) is 6.61 Å². The molecule has 0 amide bonds. The van der Waals surface area contributed by atoms with Gasteiger partial charge in [0.1, 0.15) is 17.8 Å². The SMILES string of the molecule is C1=NCc2ccc(Nc3ncnc4[nH]c(C5=CCOCC5)cc34)cc21. The second-order valence-electron chi connectivity index (χ2n) is 6.23. The molecule has 0 spiro atoms. The molecule has 0 atom stereocenters. The molecule has 6 heteroatoms. The monoisotopic (exact) mass is 331 g/mol. The topological polar surface area (TPSA) is 75.2 Å². The lowest BCUT2D eigenvalue weighted by atomic mass is 10.1. The van der Waals surface area contributed by atoms with Crippen molar-refractivity contribution in [3.8, 4) is 0 Å². The predicted molar refractivity (Wildman–Crippen MR) is 98.3 cm³/mol. The summed E-state index contributed by atoms with van der Waals surface area (Å²) in [6.45, 7) is 2.19. The molecule has 2 aromatic heterocycles. The number of ether oxygens (including phenoxy) is 1. The van der Waals surface area contributed by atoms with Crippen molar-refractivity contribution >= 4 is 34.3 Å². The fraction of sp³-hybridized carbons (Fsp3) is 0.211. The normalized spacial score (nSPS) is 16.1. The molecule has 1 aromatic carbocycles. The minimum Gasteiger partial charge on any atom is -0.377 e. The Morgan fingerprint density at radius 2 is 2.16 bits per heavy atom. The van der Waals surface area contributed by atoms with E-state index < -0.39 is 0 Å². The molecule has 0 saturated carbocycles. The Kier molecular flexibility index (Phi) is 3.34. The molecule has 4 heterocycles. The van der Waals surface area contributed by atoms with Gasteiger partial charge in [0.15, 0.2) is 0 Å². The van der Waals surface area contributed by atoms with Crippen molar-refractivity contribution in [2.45, 2.75) is 13.0 Å². The van der Waals surface area contributed by atoms with Gasteiger partial charge in [0.2, 0.25) is 0 Å². The lowest BCUT2D eigenvalue weighted by Gasteiger charge is -2.11. The molecule has 2 N–H and O–H groups in total. The fourth-order valence-corrected chi connectivity index (χ4v) is 3.30. The van der Waals surface area contributed by atoms with Crippen molar-refractivity contribution < 1.29 is 4.74 Å². The van der Waals surface area contributed by atoms with E-state index in [0.717, 1.165) is 53.4 Å². The number of fused-ring (bicyclic) bond motifs is 2. The Labute approximate surface area is 144 Å². The summed E-state index contributed by atoms with van der Waals surface area (Å²) in [5.74, 6) is 0.801. The minimum atomic E-state index is 0.665. The van der Waals surface area contributed by atoms with E-state index in [1.807, 2.05) is 6.21 Å². The van der Waals surface area contributed by atoms with Crippen molar-refractivity contribution in [3.63, 3.8) is 0 Å². The lowest BCUT2D eigenvalue weighted by Crippen LogP contribution is -2.03. The summed E-state index contributed by atoms with van der Waals surface area (Å²) in [5.41, 5.74) is 6.61. The molecule has 0 bridgehead atoms. The Bertz CT molecular complexity index is 1020. The molecule has 6 nitrogen and oxygen atoms in total. The van der Waals surface area contributed by atoms with E-state index in [-0.39, 0.29) is 0 Å². The second kappa shape index (κ2) is 5.82. The zero-order valence-electron chi connectivity index (χ0n) is 13.6. The standard InChI is InChI=1S/C19H17N5O/c1-2-15(7-14-10-20-9-13(1)14)23-18-16-8-17(12-3-5-25-6-4-12)24-19(16)22-11-21-18/h1-3,7-8,10-11H,4-6,9H2,(H2,21,22,23,24). The third-order valence-corrected chi connectivity index (χ3v) is 4.64. The molecule has 124 valence electrons. The zero-order chi connectivity index (χ0) is 16.6. The van der Waals surface area contributed by atoms with Crippen LogP contribution < -0.4 is 5.32 Å². The molecule has 0 saturated heterocycles. The van der Waals surface area contributed by atoms with Crippen molar-refractivity contribution in [1.29, 1.82) is 0 Å². The van der Waals surface area contributed by atoms with Crippen LogP contribution in [0.2, 0.25) is 0 Å². The van der Waals surface area contributed by atoms with Crippen molar-refractivity contribution in [1.82, 2.24) is 15.0 Å². The molecule has 2 aliphatic rings. The van der Waals surface area contributed by atoms with Gasteiger partial charge in [-0.3, -0.25) is 4.99 Å². The van der Waals surface area contributed by atoms with E-state index >= 15 is 0 Å². The van der Waals surface area contributed by atoms with Crippen LogP contribution in [0.3, 0.4) is 0 Å². The highest BCUT2D eigenvalue weighted by molar-refractivity contribution is 5.93. The van der Waals surface area contributed by atoms with Gasteiger partial charge in [-0.15, -0.1) is 0 Å². The van der Waals surface area contributed by atoms with Crippen LogP contribution >= 0.6 is 0 Å². The number of aliphatic imine (C=N–C) groups is 1. The largest absolute Gasteiger partial charge is 0.377 e. The van der Waals surface area contributed by atoms with Gasteiger partial charge in [0.05, 0.1) is 25.1 Å². The number of anilines is 2. The van der Waals surface area contributed by atoms with Crippen LogP contribution in [-0.2, 0) is 11.3 Å². The number of benzene rings is 1. The fourth-order valence-electron chi connectivity index (χ4n) is 3.30. The first kappa shape index (κ1) is 14.4. The molecule has 0 radical (unpaired) electrons. The van der Waals surface area contributed by atoms with Crippen LogP contribution in [-0.4, -0.2) is 34.4 Å². The predicted octanol–water partition coefficient (Wildman–Crippen LogP) is 3.44. The van der Waals surface area contributed by atoms with Crippen molar-refractivity contribution in [3.05, 3.63) is 53.5 Å². The third kappa shape index (κ3) is 2.60. The number of H-pyrrole nitrogens is 1. The van der Waals surface area contributed by atoms with E-state index in [1.165, 1.54) is 11.1 Å². The number of nitrogens with zero attached hydrogens (tertiary/aromatic N) is 3. The average Bonchev–Trinajstić information content (AvgIpc) is 3.29. The van der Waals surface area contributed by atoms with E-state index in [2.05, 4.69) is 55.6 Å². The Morgan fingerprint density at radius 1 is 1.16 bits per heavy atom. The van der Waals surface area contributed by atoms with Crippen molar-refractivity contribution in [2.75, 3.05) is 18.5 Å². The molecular weight excluding hydrogens is 314 g/mol. The summed E-state index contributed by atoms with van der Waals surface area (Å²) in [6.07, 6.45) is 6.53. The molecule has 25 heavy (non-hydrogen) atoms. The van der Waals surface area contributed by atoms with Crippen LogP contribution in [0.1, 0.15) is 23.2 Å². The average molecular weight is 331 g/mol. The summed E-state index contributed by atoms with van der Waals surface area (Å²) in [5, 5.41) is 4.40. The number of hydrogen-bond donors (Lipinski definition) is 2. The Hall–Kier alpha value is -2.99. The maximum atomic E-state index is 5.39. The smallest absolute Gasteiger partial charge is 0.143 e. The van der Waals surface area contributed by atoms with Crippen LogP contribution in [0.15, 0.2) is 41.7 Å². The summed E-state index contributed by atoms with van der Waals surface area (Å²) in [4.78, 5) is 16.5. The van der Waals surface area contributed by atoms with Gasteiger partial charge in [-0.2, -0.15) is 0 Å². The first-order chi connectivity index (χ1) is 12.4. The maximum absolute atomic E-state index is 5.39. The van der Waals surface area contributed by atoms with Crippen LogP contribution in [0, 0.1) is 0 Å². The quantitative estimate of drug-likeness (QED) is 0.771. The van der Waals surface area contributed by atoms with Gasteiger partial charge >= 0.3 is 0 Å². The molecule has 2 aliphatic heterocycles. The van der Waals surface area contributed by atoms with Gasteiger partial charge in [-0.25, -0.2) is 9.97 Å².